The summed E-state index contributed by atoms with van der Waals surface area (Å²) >= 11 is 0. The van der Waals surface area contributed by atoms with E-state index >= 15 is 0 Å². The first kappa shape index (κ1) is 17.8. The molecule has 1 saturated heterocycles. The third-order valence-electron chi connectivity index (χ3n) is 3.71. The molecule has 0 saturated carbocycles. The van der Waals surface area contributed by atoms with Crippen molar-refractivity contribution in [2.75, 3.05) is 59.1 Å². The first-order chi connectivity index (χ1) is 9.44. The van der Waals surface area contributed by atoms with Gasteiger partial charge in [-0.1, -0.05) is 6.92 Å². The van der Waals surface area contributed by atoms with E-state index in [9.17, 15) is 8.42 Å². The van der Waals surface area contributed by atoms with Crippen molar-refractivity contribution in [1.82, 2.24) is 19.8 Å². The normalized spacial score (nSPS) is 22.2. The second-order valence-corrected chi connectivity index (χ2v) is 7.59. The van der Waals surface area contributed by atoms with Crippen molar-refractivity contribution in [3.8, 4) is 0 Å². The summed E-state index contributed by atoms with van der Waals surface area (Å²) < 4.78 is 26.6. The van der Waals surface area contributed by atoms with E-state index in [1.165, 1.54) is 0 Å². The predicted octanol–water partition coefficient (Wildman–Crippen LogP) is -0.459. The van der Waals surface area contributed by atoms with Gasteiger partial charge in [-0.15, -0.1) is 0 Å². The highest BCUT2D eigenvalue weighted by molar-refractivity contribution is 7.89. The van der Waals surface area contributed by atoms with Crippen molar-refractivity contribution >= 4 is 10.0 Å². The Balaban J connectivity index is 2.24. The molecule has 0 aliphatic carbocycles. The third-order valence-corrected chi connectivity index (χ3v) is 5.15. The Hall–Kier alpha value is -0.210. The van der Waals surface area contributed by atoms with Gasteiger partial charge in [-0.2, -0.15) is 0 Å². The number of rotatable bonds is 9. The number of sulfonamides is 1. The molecule has 1 rings (SSSR count). The van der Waals surface area contributed by atoms with Crippen LogP contribution < -0.4 is 10.0 Å². The Bertz CT molecular complexity index is 361. The van der Waals surface area contributed by atoms with Gasteiger partial charge in [0.25, 0.3) is 0 Å². The van der Waals surface area contributed by atoms with Gasteiger partial charge in [0.2, 0.25) is 10.0 Å². The van der Waals surface area contributed by atoms with Crippen LogP contribution in [0.5, 0.6) is 0 Å². The minimum absolute atomic E-state index is 0.204. The Labute approximate surface area is 123 Å². The lowest BCUT2D eigenvalue weighted by Gasteiger charge is -2.37. The SMILES string of the molecule is CCCNCCCS(=O)(=O)NCC1CN(C)CCN1C. The molecular weight excluding hydrogens is 276 g/mol. The number of hydrogen-bond acceptors (Lipinski definition) is 5. The van der Waals surface area contributed by atoms with Crippen LogP contribution in [-0.2, 0) is 10.0 Å². The molecule has 0 aromatic heterocycles. The van der Waals surface area contributed by atoms with Crippen LogP contribution in [0.3, 0.4) is 0 Å². The van der Waals surface area contributed by atoms with Crippen molar-refractivity contribution < 1.29 is 8.42 Å². The zero-order valence-corrected chi connectivity index (χ0v) is 13.9. The minimum atomic E-state index is -3.14. The molecular formula is C13H30N4O2S. The monoisotopic (exact) mass is 306 g/mol. The Kier molecular flexibility index (Phi) is 7.98. The standard InChI is InChI=1S/C13H30N4O2S/c1-4-6-14-7-5-10-20(18,19)15-11-13-12-16(2)8-9-17(13)3/h13-15H,4-12H2,1-3H3. The van der Waals surface area contributed by atoms with E-state index < -0.39 is 10.0 Å². The van der Waals surface area contributed by atoms with Crippen molar-refractivity contribution in [3.63, 3.8) is 0 Å². The summed E-state index contributed by atoms with van der Waals surface area (Å²) in [6.07, 6.45) is 1.74. The molecule has 1 fully saturated rings. The van der Waals surface area contributed by atoms with Crippen LogP contribution >= 0.6 is 0 Å². The smallest absolute Gasteiger partial charge is 0.211 e. The highest BCUT2D eigenvalue weighted by Gasteiger charge is 2.23. The Morgan fingerprint density at radius 3 is 2.65 bits per heavy atom. The highest BCUT2D eigenvalue weighted by Crippen LogP contribution is 2.05. The van der Waals surface area contributed by atoms with Crippen LogP contribution in [0.25, 0.3) is 0 Å². The summed E-state index contributed by atoms with van der Waals surface area (Å²) in [4.78, 5) is 4.47. The molecule has 0 spiro atoms. The number of nitrogens with zero attached hydrogens (tertiary/aromatic N) is 2. The fraction of sp³-hybridized carbons (Fsp3) is 1.00. The van der Waals surface area contributed by atoms with E-state index in [0.717, 1.165) is 39.1 Å². The van der Waals surface area contributed by atoms with Crippen LogP contribution in [-0.4, -0.2) is 83.4 Å². The van der Waals surface area contributed by atoms with E-state index in [2.05, 4.69) is 40.9 Å². The molecule has 7 heteroatoms. The average molecular weight is 306 g/mol. The lowest BCUT2D eigenvalue weighted by Crippen LogP contribution is -2.54. The molecule has 0 aromatic rings. The lowest BCUT2D eigenvalue weighted by atomic mass is 10.2. The van der Waals surface area contributed by atoms with E-state index in [0.29, 0.717) is 13.0 Å². The molecule has 1 aliphatic rings. The first-order valence-electron chi connectivity index (χ1n) is 7.51. The second kappa shape index (κ2) is 8.94. The number of piperazine rings is 1. The van der Waals surface area contributed by atoms with Gasteiger partial charge in [0, 0.05) is 32.2 Å². The highest BCUT2D eigenvalue weighted by atomic mass is 32.2. The molecule has 20 heavy (non-hydrogen) atoms. The fourth-order valence-corrected chi connectivity index (χ4v) is 3.42. The van der Waals surface area contributed by atoms with Crippen LogP contribution in [0.15, 0.2) is 0 Å². The summed E-state index contributed by atoms with van der Waals surface area (Å²) in [5.74, 6) is 0.204. The molecule has 1 unspecified atom stereocenters. The van der Waals surface area contributed by atoms with Crippen LogP contribution in [0, 0.1) is 0 Å². The van der Waals surface area contributed by atoms with Crippen LogP contribution in [0.4, 0.5) is 0 Å². The predicted molar refractivity (Wildman–Crippen MR) is 83.5 cm³/mol. The number of hydrogen-bond donors (Lipinski definition) is 2. The van der Waals surface area contributed by atoms with Crippen molar-refractivity contribution in [2.24, 2.45) is 0 Å². The van der Waals surface area contributed by atoms with Gasteiger partial charge in [-0.25, -0.2) is 13.1 Å². The summed E-state index contributed by atoms with van der Waals surface area (Å²) in [6.45, 7) is 7.27. The minimum Gasteiger partial charge on any atom is -0.317 e. The number of likely N-dealkylation sites (N-methyl/N-ethyl adjacent to an activating group) is 2. The summed E-state index contributed by atoms with van der Waals surface area (Å²) in [6, 6.07) is 0.266. The average Bonchev–Trinajstić information content (AvgIpc) is 2.40. The van der Waals surface area contributed by atoms with E-state index in [1.807, 2.05) is 0 Å². The molecule has 6 nitrogen and oxygen atoms in total. The van der Waals surface area contributed by atoms with E-state index in [1.54, 1.807) is 0 Å². The molecule has 2 N–H and O–H groups in total. The van der Waals surface area contributed by atoms with Gasteiger partial charge in [0.05, 0.1) is 5.75 Å². The first-order valence-corrected chi connectivity index (χ1v) is 9.16. The maximum absolute atomic E-state index is 11.9. The molecule has 0 bridgehead atoms. The van der Waals surface area contributed by atoms with Crippen molar-refractivity contribution in [3.05, 3.63) is 0 Å². The van der Waals surface area contributed by atoms with Crippen LogP contribution in [0.1, 0.15) is 19.8 Å². The third kappa shape index (κ3) is 6.99. The Morgan fingerprint density at radius 1 is 1.20 bits per heavy atom. The number of nitrogens with one attached hydrogen (secondary N) is 2. The molecule has 0 radical (unpaired) electrons. The zero-order chi connectivity index (χ0) is 15.0. The van der Waals surface area contributed by atoms with E-state index in [-0.39, 0.29) is 11.8 Å². The Morgan fingerprint density at radius 2 is 1.95 bits per heavy atom. The molecule has 1 atom stereocenters. The van der Waals surface area contributed by atoms with Gasteiger partial charge < -0.3 is 10.2 Å². The van der Waals surface area contributed by atoms with E-state index in [4.69, 9.17) is 0 Å². The summed E-state index contributed by atoms with van der Waals surface area (Å²) in [7, 11) is 0.989. The van der Waals surface area contributed by atoms with Crippen molar-refractivity contribution in [1.29, 1.82) is 0 Å². The maximum atomic E-state index is 11.9. The van der Waals surface area contributed by atoms with Crippen LogP contribution in [0.2, 0.25) is 0 Å². The molecule has 1 aliphatic heterocycles. The lowest BCUT2D eigenvalue weighted by molar-refractivity contribution is 0.117. The second-order valence-electron chi connectivity index (χ2n) is 5.67. The van der Waals surface area contributed by atoms with Gasteiger partial charge in [-0.3, -0.25) is 4.90 Å². The largest absolute Gasteiger partial charge is 0.317 e. The fourth-order valence-electron chi connectivity index (χ4n) is 2.31. The van der Waals surface area contributed by atoms with Gasteiger partial charge in [0.1, 0.15) is 0 Å². The quantitative estimate of drug-likeness (QED) is 0.565. The zero-order valence-electron chi connectivity index (χ0n) is 13.1. The topological polar surface area (TPSA) is 64.7 Å². The van der Waals surface area contributed by atoms with Crippen molar-refractivity contribution in [2.45, 2.75) is 25.8 Å². The molecule has 1 heterocycles. The van der Waals surface area contributed by atoms with Gasteiger partial charge in [-0.05, 0) is 40.0 Å². The van der Waals surface area contributed by atoms with Gasteiger partial charge >= 0.3 is 0 Å². The maximum Gasteiger partial charge on any atom is 0.211 e. The van der Waals surface area contributed by atoms with Gasteiger partial charge in [0.15, 0.2) is 0 Å². The molecule has 120 valence electrons. The summed E-state index contributed by atoms with van der Waals surface area (Å²) in [5.41, 5.74) is 0. The molecule has 0 aromatic carbocycles. The molecule has 0 amide bonds. The summed E-state index contributed by atoms with van der Waals surface area (Å²) in [5, 5.41) is 3.22.